The van der Waals surface area contributed by atoms with E-state index in [1.54, 1.807) is 7.11 Å². The van der Waals surface area contributed by atoms with Crippen molar-refractivity contribution in [3.05, 3.63) is 29.8 Å². The summed E-state index contributed by atoms with van der Waals surface area (Å²) in [6.45, 7) is 38.7. The largest absolute Gasteiger partial charge is 0.497 e. The topological polar surface area (TPSA) is 96.0 Å². The Morgan fingerprint density at radius 3 is 1.74 bits per heavy atom. The maximum Gasteiger partial charge on any atom is 0.192 e. The van der Waals surface area contributed by atoms with Crippen LogP contribution in [0.25, 0.3) is 0 Å². The van der Waals surface area contributed by atoms with E-state index in [1.807, 2.05) is 24.3 Å². The normalized spacial score (nSPS) is 22.4. The molecule has 50 heavy (non-hydrogen) atoms. The maximum atomic E-state index is 12.8. The predicted octanol–water partition coefficient (Wildman–Crippen LogP) is 9.23. The van der Waals surface area contributed by atoms with Crippen molar-refractivity contribution < 1.29 is 37.4 Å². The number of epoxide rings is 1. The van der Waals surface area contributed by atoms with Crippen LogP contribution in [0.5, 0.6) is 5.75 Å². The molecule has 0 bridgehead atoms. The third-order valence-corrected chi connectivity index (χ3v) is 25.8. The van der Waals surface area contributed by atoms with Crippen molar-refractivity contribution in [2.75, 3.05) is 26.9 Å². The molecule has 7 atom stereocenters. The molecule has 0 aliphatic carbocycles. The standard InChI is InChI=1S/C39H74O8Si3/c1-28(24-43-25-29-19-21-31(42-12)22-20-29)34-39(11,46-34)35(47-50(17,18)38(8,9)10)32(27-45-49(15,16)37(5,6)7)33(41)30(23-40)26-44-48(13,14)36(2,3)4/h19-23,28,30,32-35,41H,24-27H2,1-18H3/t28-,30-,32-,33+,34+,35-,39-/m0/s1. The van der Waals surface area contributed by atoms with Gasteiger partial charge in [0.2, 0.25) is 0 Å². The molecule has 0 radical (unpaired) electrons. The van der Waals surface area contributed by atoms with Crippen LogP contribution in [-0.2, 0) is 34.2 Å². The summed E-state index contributed by atoms with van der Waals surface area (Å²) in [5.74, 6) is -0.395. The van der Waals surface area contributed by atoms with Gasteiger partial charge < -0.3 is 37.4 Å². The maximum absolute atomic E-state index is 12.8. The number of aldehydes is 1. The Balaban J connectivity index is 2.49. The van der Waals surface area contributed by atoms with Crippen molar-refractivity contribution in [3.8, 4) is 5.75 Å². The SMILES string of the molecule is COc1ccc(COC[C@H](C)[C@H]2O[C@]2(C)[C@@H](O[Si](C)(C)C(C)(C)C)[C@@H](CO[Si](C)(C)C(C)(C)C)[C@H](O)[C@@H](C=O)CO[Si](C)(C)C(C)(C)C)cc1. The van der Waals surface area contributed by atoms with Crippen LogP contribution in [0.1, 0.15) is 81.7 Å². The van der Waals surface area contributed by atoms with E-state index in [0.29, 0.717) is 13.2 Å². The van der Waals surface area contributed by atoms with Crippen LogP contribution in [0.4, 0.5) is 0 Å². The lowest BCUT2D eigenvalue weighted by atomic mass is 9.80. The van der Waals surface area contributed by atoms with E-state index in [1.165, 1.54) is 0 Å². The minimum absolute atomic E-state index is 0.0294. The number of benzene rings is 1. The molecule has 290 valence electrons. The van der Waals surface area contributed by atoms with Crippen molar-refractivity contribution in [3.63, 3.8) is 0 Å². The van der Waals surface area contributed by atoms with Crippen molar-refractivity contribution in [2.45, 2.75) is 161 Å². The third-order valence-electron chi connectivity index (χ3n) is 12.3. The van der Waals surface area contributed by atoms with Crippen molar-refractivity contribution in [1.29, 1.82) is 0 Å². The molecule has 1 heterocycles. The minimum Gasteiger partial charge on any atom is -0.497 e. The zero-order valence-electron chi connectivity index (χ0n) is 35.0. The first-order valence-electron chi connectivity index (χ1n) is 18.5. The van der Waals surface area contributed by atoms with Gasteiger partial charge >= 0.3 is 0 Å². The van der Waals surface area contributed by atoms with Gasteiger partial charge in [-0.3, -0.25) is 0 Å². The van der Waals surface area contributed by atoms with Crippen molar-refractivity contribution >= 4 is 31.2 Å². The van der Waals surface area contributed by atoms with Gasteiger partial charge in [0.25, 0.3) is 0 Å². The van der Waals surface area contributed by atoms with E-state index in [-0.39, 0.29) is 40.4 Å². The Hall–Kier alpha value is -0.899. The van der Waals surface area contributed by atoms with Gasteiger partial charge in [-0.05, 0) is 79.0 Å². The second-order valence-corrected chi connectivity index (χ2v) is 33.8. The average molecular weight is 755 g/mol. The summed E-state index contributed by atoms with van der Waals surface area (Å²) in [6.07, 6.45) is -0.870. The van der Waals surface area contributed by atoms with Crippen molar-refractivity contribution in [2.24, 2.45) is 17.8 Å². The molecule has 1 fully saturated rings. The number of rotatable bonds is 19. The highest BCUT2D eigenvalue weighted by atomic mass is 28.4. The molecule has 8 nitrogen and oxygen atoms in total. The molecule has 1 aromatic carbocycles. The van der Waals surface area contributed by atoms with Crippen LogP contribution in [0.15, 0.2) is 24.3 Å². The van der Waals surface area contributed by atoms with E-state index in [2.05, 4.69) is 115 Å². The summed E-state index contributed by atoms with van der Waals surface area (Å²) in [6, 6.07) is 7.90. The lowest BCUT2D eigenvalue weighted by Crippen LogP contribution is -2.57. The minimum atomic E-state index is -2.41. The highest BCUT2D eigenvalue weighted by Crippen LogP contribution is 2.51. The highest BCUT2D eigenvalue weighted by Gasteiger charge is 2.64. The summed E-state index contributed by atoms with van der Waals surface area (Å²) in [5.41, 5.74) is 0.358. The fourth-order valence-corrected chi connectivity index (χ4v) is 8.87. The van der Waals surface area contributed by atoms with Gasteiger partial charge in [-0.15, -0.1) is 0 Å². The second-order valence-electron chi connectivity index (χ2n) is 19.5. The Bertz CT molecular complexity index is 1220. The lowest BCUT2D eigenvalue weighted by molar-refractivity contribution is -0.121. The van der Waals surface area contributed by atoms with Gasteiger partial charge in [-0.25, -0.2) is 0 Å². The van der Waals surface area contributed by atoms with Crippen LogP contribution in [-0.4, -0.2) is 87.2 Å². The van der Waals surface area contributed by atoms with Gasteiger partial charge in [0.1, 0.15) is 17.6 Å². The fourth-order valence-electron chi connectivity index (χ4n) is 5.39. The van der Waals surface area contributed by atoms with E-state index < -0.39 is 54.6 Å². The quantitative estimate of drug-likeness (QED) is 0.0849. The Kier molecular flexibility index (Phi) is 15.1. The summed E-state index contributed by atoms with van der Waals surface area (Å²) in [4.78, 5) is 12.8. The van der Waals surface area contributed by atoms with E-state index in [4.69, 9.17) is 27.5 Å². The number of ether oxygens (including phenoxy) is 3. The number of carbonyl (C=O) groups excluding carboxylic acids is 1. The van der Waals surface area contributed by atoms with Gasteiger partial charge in [-0.2, -0.15) is 0 Å². The van der Waals surface area contributed by atoms with Crippen LogP contribution in [0, 0.1) is 17.8 Å². The van der Waals surface area contributed by atoms with E-state index >= 15 is 0 Å². The Labute approximate surface area is 309 Å². The molecule has 0 spiro atoms. The molecule has 0 aromatic heterocycles. The molecule has 0 amide bonds. The summed E-state index contributed by atoms with van der Waals surface area (Å²) < 4.78 is 38.9. The molecule has 2 rings (SSSR count). The first kappa shape index (κ1) is 45.3. The summed E-state index contributed by atoms with van der Waals surface area (Å²) in [7, 11) is -5.18. The second kappa shape index (κ2) is 16.6. The molecule has 11 heteroatoms. The van der Waals surface area contributed by atoms with Crippen LogP contribution in [0.3, 0.4) is 0 Å². The predicted molar refractivity (Wildman–Crippen MR) is 213 cm³/mol. The Morgan fingerprint density at radius 2 is 1.30 bits per heavy atom. The first-order chi connectivity index (χ1) is 22.5. The molecule has 1 aliphatic heterocycles. The lowest BCUT2D eigenvalue weighted by Gasteiger charge is -2.46. The molecule has 1 saturated heterocycles. The number of aliphatic hydroxyl groups is 1. The number of hydrogen-bond acceptors (Lipinski definition) is 8. The van der Waals surface area contributed by atoms with Gasteiger partial charge in [0.15, 0.2) is 25.0 Å². The molecular weight excluding hydrogens is 681 g/mol. The highest BCUT2D eigenvalue weighted by molar-refractivity contribution is 6.75. The van der Waals surface area contributed by atoms with Crippen molar-refractivity contribution in [1.82, 2.24) is 0 Å². The van der Waals surface area contributed by atoms with Crippen LogP contribution in [0.2, 0.25) is 54.4 Å². The number of hydrogen-bond donors (Lipinski definition) is 1. The summed E-state index contributed by atoms with van der Waals surface area (Å²) >= 11 is 0. The van der Waals surface area contributed by atoms with E-state index in [9.17, 15) is 9.90 Å². The average Bonchev–Trinajstić information content (AvgIpc) is 3.67. The van der Waals surface area contributed by atoms with Crippen LogP contribution < -0.4 is 4.74 Å². The molecule has 1 aliphatic rings. The third kappa shape index (κ3) is 11.3. The first-order valence-corrected chi connectivity index (χ1v) is 27.2. The monoisotopic (exact) mass is 754 g/mol. The Morgan fingerprint density at radius 1 is 0.820 bits per heavy atom. The number of aliphatic hydroxyl groups excluding tert-OH is 1. The molecule has 1 N–H and O–H groups in total. The molecular formula is C39H74O8Si3. The van der Waals surface area contributed by atoms with E-state index in [0.717, 1.165) is 17.6 Å². The smallest absolute Gasteiger partial charge is 0.192 e. The van der Waals surface area contributed by atoms with Gasteiger partial charge in [0, 0.05) is 25.0 Å². The zero-order chi connectivity index (χ0) is 38.7. The number of carbonyl (C=O) groups is 1. The molecule has 0 saturated carbocycles. The molecule has 0 unspecified atom stereocenters. The summed E-state index contributed by atoms with van der Waals surface area (Å²) in [5, 5.41) is 12.2. The van der Waals surface area contributed by atoms with Crippen LogP contribution >= 0.6 is 0 Å². The zero-order valence-corrected chi connectivity index (χ0v) is 38.0. The fraction of sp³-hybridized carbons (Fsp3) is 0.821. The van der Waals surface area contributed by atoms with Gasteiger partial charge in [-0.1, -0.05) is 81.4 Å². The number of methoxy groups -OCH3 is 1. The van der Waals surface area contributed by atoms with Gasteiger partial charge in [0.05, 0.1) is 44.6 Å². The molecule has 1 aromatic rings.